The fraction of sp³-hybridized carbons (Fsp3) is 0. The van der Waals surface area contributed by atoms with Gasteiger partial charge in [-0.1, -0.05) is 18.2 Å². The van der Waals surface area contributed by atoms with Crippen molar-refractivity contribution in [2.24, 2.45) is 0 Å². The molecule has 0 N–H and O–H groups in total. The van der Waals surface area contributed by atoms with Crippen LogP contribution >= 0.6 is 11.3 Å². The molecular weight excluding hydrogens is 278 g/mol. The lowest BCUT2D eigenvalue weighted by atomic mass is 10.2. The van der Waals surface area contributed by atoms with Crippen LogP contribution in [-0.4, -0.2) is 14.0 Å². The fourth-order valence-electron chi connectivity index (χ4n) is 2.94. The minimum atomic E-state index is 1.03. The van der Waals surface area contributed by atoms with Gasteiger partial charge in [0.25, 0.3) is 0 Å². The van der Waals surface area contributed by atoms with E-state index in [1.165, 1.54) is 15.9 Å². The molecular formula is C17H11N3S. The second kappa shape index (κ2) is 3.96. The Hall–Kier alpha value is -2.59. The van der Waals surface area contributed by atoms with E-state index in [9.17, 15) is 0 Å². The maximum Gasteiger partial charge on any atom is 0.103 e. The van der Waals surface area contributed by atoms with Gasteiger partial charge in [0, 0.05) is 6.20 Å². The maximum absolute atomic E-state index is 4.83. The van der Waals surface area contributed by atoms with Gasteiger partial charge in [0.1, 0.15) is 5.69 Å². The highest BCUT2D eigenvalue weighted by molar-refractivity contribution is 7.13. The first-order valence-corrected chi connectivity index (χ1v) is 7.71. The lowest BCUT2D eigenvalue weighted by molar-refractivity contribution is 1.00. The number of rotatable bonds is 1. The number of para-hydroxylation sites is 2. The van der Waals surface area contributed by atoms with Crippen LogP contribution in [0.2, 0.25) is 0 Å². The molecule has 0 saturated carbocycles. The third kappa shape index (κ3) is 1.45. The van der Waals surface area contributed by atoms with Crippen LogP contribution in [-0.2, 0) is 0 Å². The third-order valence-electron chi connectivity index (χ3n) is 3.86. The molecule has 0 amide bonds. The van der Waals surface area contributed by atoms with E-state index in [0.29, 0.717) is 0 Å². The standard InChI is InChI=1S/C17H11N3S/c1-2-6-15-13(5-1)19-9-3-7-14(19)16-11-12(18-20(15)16)17-8-4-10-21-17/h1-11H. The zero-order valence-corrected chi connectivity index (χ0v) is 11.9. The average Bonchev–Trinajstić information content (AvgIpc) is 3.25. The largest absolute Gasteiger partial charge is 0.313 e. The SMILES string of the molecule is c1csc(-c2cc3c4cccn4c4ccccc4n3n2)c1. The molecule has 0 radical (unpaired) electrons. The summed E-state index contributed by atoms with van der Waals surface area (Å²) in [7, 11) is 0. The van der Waals surface area contributed by atoms with Crippen molar-refractivity contribution in [3.8, 4) is 10.6 Å². The Morgan fingerprint density at radius 1 is 0.810 bits per heavy atom. The Bertz CT molecular complexity index is 1080. The monoisotopic (exact) mass is 289 g/mol. The van der Waals surface area contributed by atoms with E-state index in [-0.39, 0.29) is 0 Å². The number of hydrogen-bond donors (Lipinski definition) is 0. The van der Waals surface area contributed by atoms with E-state index >= 15 is 0 Å². The smallest absolute Gasteiger partial charge is 0.103 e. The molecule has 100 valence electrons. The van der Waals surface area contributed by atoms with Crippen molar-refractivity contribution >= 4 is 33.4 Å². The number of aromatic nitrogens is 3. The van der Waals surface area contributed by atoms with Crippen molar-refractivity contribution in [2.75, 3.05) is 0 Å². The van der Waals surface area contributed by atoms with Crippen LogP contribution < -0.4 is 0 Å². The second-order valence-electron chi connectivity index (χ2n) is 5.06. The van der Waals surface area contributed by atoms with Crippen molar-refractivity contribution in [2.45, 2.75) is 0 Å². The van der Waals surface area contributed by atoms with E-state index in [0.717, 1.165) is 16.7 Å². The van der Waals surface area contributed by atoms with Gasteiger partial charge in [-0.25, -0.2) is 4.52 Å². The summed E-state index contributed by atoms with van der Waals surface area (Å²) in [4.78, 5) is 1.20. The van der Waals surface area contributed by atoms with Crippen molar-refractivity contribution < 1.29 is 0 Å². The normalized spacial score (nSPS) is 11.8. The molecule has 0 bridgehead atoms. The predicted octanol–water partition coefficient (Wildman–Crippen LogP) is 4.47. The first-order valence-electron chi connectivity index (χ1n) is 6.83. The van der Waals surface area contributed by atoms with Crippen LogP contribution in [0.5, 0.6) is 0 Å². The van der Waals surface area contributed by atoms with Crippen LogP contribution in [0.25, 0.3) is 32.6 Å². The van der Waals surface area contributed by atoms with Crippen LogP contribution in [0, 0.1) is 0 Å². The number of fused-ring (bicyclic) bond motifs is 6. The van der Waals surface area contributed by atoms with Gasteiger partial charge in [0.05, 0.1) is 26.9 Å². The Morgan fingerprint density at radius 2 is 1.62 bits per heavy atom. The van der Waals surface area contributed by atoms with Crippen molar-refractivity contribution in [1.29, 1.82) is 0 Å². The van der Waals surface area contributed by atoms with Gasteiger partial charge in [-0.2, -0.15) is 5.10 Å². The summed E-state index contributed by atoms with van der Waals surface area (Å²) >= 11 is 1.72. The van der Waals surface area contributed by atoms with Gasteiger partial charge in [-0.3, -0.25) is 0 Å². The van der Waals surface area contributed by atoms with Crippen molar-refractivity contribution in [3.63, 3.8) is 0 Å². The lowest BCUT2D eigenvalue weighted by Gasteiger charge is -2.06. The molecule has 0 fully saturated rings. The third-order valence-corrected chi connectivity index (χ3v) is 4.76. The first kappa shape index (κ1) is 11.1. The first-order chi connectivity index (χ1) is 10.4. The molecule has 0 saturated heterocycles. The summed E-state index contributed by atoms with van der Waals surface area (Å²) in [5.74, 6) is 0. The highest BCUT2D eigenvalue weighted by Crippen LogP contribution is 2.29. The van der Waals surface area contributed by atoms with Crippen molar-refractivity contribution in [1.82, 2.24) is 14.0 Å². The maximum atomic E-state index is 4.83. The van der Waals surface area contributed by atoms with Crippen LogP contribution in [0.1, 0.15) is 0 Å². The van der Waals surface area contributed by atoms with E-state index < -0.39 is 0 Å². The van der Waals surface area contributed by atoms with E-state index in [1.54, 1.807) is 11.3 Å². The molecule has 5 rings (SSSR count). The minimum Gasteiger partial charge on any atom is -0.313 e. The van der Waals surface area contributed by atoms with Gasteiger partial charge in [-0.05, 0) is 41.8 Å². The van der Waals surface area contributed by atoms with E-state index in [4.69, 9.17) is 5.10 Å². The molecule has 4 aromatic heterocycles. The lowest BCUT2D eigenvalue weighted by Crippen LogP contribution is -1.96. The predicted molar refractivity (Wildman–Crippen MR) is 87.0 cm³/mol. The molecule has 0 atom stereocenters. The molecule has 0 aliphatic carbocycles. The topological polar surface area (TPSA) is 21.7 Å². The quantitative estimate of drug-likeness (QED) is 0.446. The second-order valence-corrected chi connectivity index (χ2v) is 6.00. The molecule has 4 heteroatoms. The molecule has 3 nitrogen and oxygen atoms in total. The summed E-state index contributed by atoms with van der Waals surface area (Å²) in [5, 5.41) is 6.91. The summed E-state index contributed by atoms with van der Waals surface area (Å²) in [6, 6.07) is 19.0. The van der Waals surface area contributed by atoms with Gasteiger partial charge in [0.15, 0.2) is 0 Å². The molecule has 21 heavy (non-hydrogen) atoms. The number of hydrogen-bond acceptors (Lipinski definition) is 2. The van der Waals surface area contributed by atoms with Crippen LogP contribution in [0.4, 0.5) is 0 Å². The highest BCUT2D eigenvalue weighted by Gasteiger charge is 2.12. The zero-order chi connectivity index (χ0) is 13.8. The number of thiophene rings is 1. The summed E-state index contributed by atoms with van der Waals surface area (Å²) in [5.41, 5.74) is 5.65. The molecule has 4 heterocycles. The average molecular weight is 289 g/mol. The zero-order valence-electron chi connectivity index (χ0n) is 11.1. The fourth-order valence-corrected chi connectivity index (χ4v) is 3.62. The highest BCUT2D eigenvalue weighted by atomic mass is 32.1. The molecule has 0 aliphatic heterocycles. The van der Waals surface area contributed by atoms with Gasteiger partial charge >= 0.3 is 0 Å². The molecule has 0 spiro atoms. The van der Waals surface area contributed by atoms with Crippen LogP contribution in [0.15, 0.2) is 66.2 Å². The molecule has 0 unspecified atom stereocenters. The van der Waals surface area contributed by atoms with Crippen molar-refractivity contribution in [3.05, 3.63) is 66.2 Å². The van der Waals surface area contributed by atoms with Gasteiger partial charge in [-0.15, -0.1) is 11.3 Å². The summed E-state index contributed by atoms with van der Waals surface area (Å²) in [6.07, 6.45) is 2.11. The molecule has 5 aromatic rings. The molecule has 0 aliphatic rings. The summed E-state index contributed by atoms with van der Waals surface area (Å²) in [6.45, 7) is 0. The Balaban J connectivity index is 2.02. The summed E-state index contributed by atoms with van der Waals surface area (Å²) < 4.78 is 4.28. The van der Waals surface area contributed by atoms with Crippen LogP contribution in [0.3, 0.4) is 0 Å². The Morgan fingerprint density at radius 3 is 2.48 bits per heavy atom. The molecule has 1 aromatic carbocycles. The Kier molecular flexibility index (Phi) is 2.10. The van der Waals surface area contributed by atoms with Gasteiger partial charge < -0.3 is 4.40 Å². The van der Waals surface area contributed by atoms with E-state index in [2.05, 4.69) is 75.1 Å². The Labute approximate surface area is 124 Å². The number of nitrogens with zero attached hydrogens (tertiary/aromatic N) is 3. The minimum absolute atomic E-state index is 1.03. The van der Waals surface area contributed by atoms with E-state index in [1.807, 2.05) is 0 Å². The number of benzene rings is 1. The van der Waals surface area contributed by atoms with Gasteiger partial charge in [0.2, 0.25) is 0 Å².